The Bertz CT molecular complexity index is 622. The predicted molar refractivity (Wildman–Crippen MR) is 84.1 cm³/mol. The number of hydrogen-bond donors (Lipinski definition) is 0. The molecular formula is C18H20O4. The van der Waals surface area contributed by atoms with E-state index in [0.717, 1.165) is 16.9 Å². The third-order valence-corrected chi connectivity index (χ3v) is 3.01. The van der Waals surface area contributed by atoms with E-state index < -0.39 is 0 Å². The molecule has 2 rings (SSSR count). The maximum absolute atomic E-state index is 11.8. The van der Waals surface area contributed by atoms with E-state index in [1.54, 1.807) is 12.1 Å². The van der Waals surface area contributed by atoms with Crippen LogP contribution in [0, 0.1) is 13.8 Å². The average Bonchev–Trinajstić information content (AvgIpc) is 2.50. The molecule has 0 saturated heterocycles. The summed E-state index contributed by atoms with van der Waals surface area (Å²) in [7, 11) is 0. The van der Waals surface area contributed by atoms with Crippen molar-refractivity contribution in [2.75, 3.05) is 20.0 Å². The molecule has 0 spiro atoms. The fourth-order valence-electron chi connectivity index (χ4n) is 1.92. The molecule has 2 aromatic rings. The van der Waals surface area contributed by atoms with Gasteiger partial charge in [-0.05, 0) is 43.7 Å². The smallest absolute Gasteiger partial charge is 0.338 e. The van der Waals surface area contributed by atoms with Crippen molar-refractivity contribution in [3.63, 3.8) is 0 Å². The highest BCUT2D eigenvalue weighted by molar-refractivity contribution is 5.89. The number of carbonyl (C=O) groups excluding carboxylic acids is 1. The van der Waals surface area contributed by atoms with Gasteiger partial charge in [-0.1, -0.05) is 29.8 Å². The van der Waals surface area contributed by atoms with Gasteiger partial charge in [0.05, 0.1) is 12.2 Å². The van der Waals surface area contributed by atoms with Gasteiger partial charge < -0.3 is 14.2 Å². The molecule has 0 saturated carbocycles. The quantitative estimate of drug-likeness (QED) is 0.446. The third kappa shape index (κ3) is 5.22. The zero-order chi connectivity index (χ0) is 15.8. The molecule has 0 aliphatic carbocycles. The van der Waals surface area contributed by atoms with Crippen LogP contribution in [0.5, 0.6) is 5.75 Å². The number of rotatable bonds is 7. The number of benzene rings is 2. The number of ether oxygens (including phenoxy) is 3. The Balaban J connectivity index is 1.62. The fourth-order valence-corrected chi connectivity index (χ4v) is 1.92. The fraction of sp³-hybridized carbons (Fsp3) is 0.278. The lowest BCUT2D eigenvalue weighted by atomic mass is 10.1. The average molecular weight is 300 g/mol. The van der Waals surface area contributed by atoms with Crippen molar-refractivity contribution < 1.29 is 19.0 Å². The van der Waals surface area contributed by atoms with Crippen LogP contribution < -0.4 is 4.74 Å². The number of carbonyl (C=O) groups is 1. The Labute approximate surface area is 130 Å². The SMILES string of the molecule is Cc1cccc(OCOCCOC(=O)c2cccc(C)c2)c1. The minimum atomic E-state index is -0.341. The van der Waals surface area contributed by atoms with Crippen molar-refractivity contribution in [3.8, 4) is 5.75 Å². The van der Waals surface area contributed by atoms with Crippen molar-refractivity contribution in [3.05, 3.63) is 65.2 Å². The van der Waals surface area contributed by atoms with E-state index in [2.05, 4.69) is 0 Å². The molecule has 0 unspecified atom stereocenters. The summed E-state index contributed by atoms with van der Waals surface area (Å²) in [4.78, 5) is 11.8. The number of esters is 1. The second-order valence-corrected chi connectivity index (χ2v) is 4.99. The largest absolute Gasteiger partial charge is 0.468 e. The zero-order valence-corrected chi connectivity index (χ0v) is 12.9. The Kier molecular flexibility index (Phi) is 5.98. The second-order valence-electron chi connectivity index (χ2n) is 4.99. The van der Waals surface area contributed by atoms with Crippen LogP contribution in [-0.4, -0.2) is 26.0 Å². The van der Waals surface area contributed by atoms with Crippen LogP contribution in [0.1, 0.15) is 21.5 Å². The molecule has 22 heavy (non-hydrogen) atoms. The van der Waals surface area contributed by atoms with Gasteiger partial charge in [-0.25, -0.2) is 4.79 Å². The molecule has 0 N–H and O–H groups in total. The molecule has 0 radical (unpaired) electrons. The summed E-state index contributed by atoms with van der Waals surface area (Å²) < 4.78 is 15.9. The van der Waals surface area contributed by atoms with E-state index in [-0.39, 0.29) is 19.4 Å². The van der Waals surface area contributed by atoms with Crippen molar-refractivity contribution >= 4 is 5.97 Å². The van der Waals surface area contributed by atoms with E-state index in [1.807, 2.05) is 50.2 Å². The summed E-state index contributed by atoms with van der Waals surface area (Å²) in [5, 5.41) is 0. The van der Waals surface area contributed by atoms with E-state index in [4.69, 9.17) is 14.2 Å². The molecule has 0 aliphatic rings. The van der Waals surface area contributed by atoms with Gasteiger partial charge in [0, 0.05) is 0 Å². The van der Waals surface area contributed by atoms with Gasteiger partial charge in [0.1, 0.15) is 12.4 Å². The van der Waals surface area contributed by atoms with Crippen LogP contribution in [0.4, 0.5) is 0 Å². The predicted octanol–water partition coefficient (Wildman–Crippen LogP) is 3.51. The topological polar surface area (TPSA) is 44.8 Å². The van der Waals surface area contributed by atoms with Crippen LogP contribution in [0.15, 0.2) is 48.5 Å². The molecular weight excluding hydrogens is 280 g/mol. The summed E-state index contributed by atoms with van der Waals surface area (Å²) in [5.41, 5.74) is 2.71. The highest BCUT2D eigenvalue weighted by Gasteiger charge is 2.06. The molecule has 0 fully saturated rings. The summed E-state index contributed by atoms with van der Waals surface area (Å²) in [5.74, 6) is 0.420. The molecule has 4 heteroatoms. The minimum absolute atomic E-state index is 0.130. The monoisotopic (exact) mass is 300 g/mol. The molecule has 116 valence electrons. The van der Waals surface area contributed by atoms with Gasteiger partial charge in [-0.15, -0.1) is 0 Å². The lowest BCUT2D eigenvalue weighted by molar-refractivity contribution is -0.0116. The Morgan fingerprint density at radius 1 is 0.955 bits per heavy atom. The van der Waals surface area contributed by atoms with Gasteiger partial charge in [0.2, 0.25) is 0 Å². The van der Waals surface area contributed by atoms with E-state index >= 15 is 0 Å². The first-order chi connectivity index (χ1) is 10.6. The van der Waals surface area contributed by atoms with E-state index in [0.29, 0.717) is 12.2 Å². The van der Waals surface area contributed by atoms with Crippen molar-refractivity contribution in [1.82, 2.24) is 0 Å². The second kappa shape index (κ2) is 8.20. The third-order valence-electron chi connectivity index (χ3n) is 3.01. The van der Waals surface area contributed by atoms with Crippen molar-refractivity contribution in [2.24, 2.45) is 0 Å². The highest BCUT2D eigenvalue weighted by atomic mass is 16.7. The minimum Gasteiger partial charge on any atom is -0.468 e. The van der Waals surface area contributed by atoms with Gasteiger partial charge >= 0.3 is 5.97 Å². The van der Waals surface area contributed by atoms with Crippen molar-refractivity contribution in [1.29, 1.82) is 0 Å². The first kappa shape index (κ1) is 16.0. The summed E-state index contributed by atoms with van der Waals surface area (Å²) in [6.45, 7) is 4.56. The normalized spacial score (nSPS) is 10.3. The maximum atomic E-state index is 11.8. The lowest BCUT2D eigenvalue weighted by Gasteiger charge is -2.08. The van der Waals surface area contributed by atoms with E-state index in [9.17, 15) is 4.79 Å². The van der Waals surface area contributed by atoms with Gasteiger partial charge in [0.15, 0.2) is 6.79 Å². The molecule has 0 amide bonds. The van der Waals surface area contributed by atoms with Crippen LogP contribution in [0.3, 0.4) is 0 Å². The van der Waals surface area contributed by atoms with Gasteiger partial charge in [0.25, 0.3) is 0 Å². The zero-order valence-electron chi connectivity index (χ0n) is 12.9. The number of hydrogen-bond acceptors (Lipinski definition) is 4. The summed E-state index contributed by atoms with van der Waals surface area (Å²) in [6, 6.07) is 15.0. The standard InChI is InChI=1S/C18H20O4/c1-14-5-3-7-16(11-14)18(19)21-10-9-20-13-22-17-8-4-6-15(2)12-17/h3-8,11-12H,9-10,13H2,1-2H3. The Hall–Kier alpha value is -2.33. The lowest BCUT2D eigenvalue weighted by Crippen LogP contribution is -2.13. The number of aryl methyl sites for hydroxylation is 2. The molecule has 0 aliphatic heterocycles. The summed E-state index contributed by atoms with van der Waals surface area (Å²) >= 11 is 0. The van der Waals surface area contributed by atoms with Gasteiger partial charge in [-0.3, -0.25) is 0 Å². The molecule has 0 atom stereocenters. The Morgan fingerprint density at radius 3 is 2.41 bits per heavy atom. The first-order valence-electron chi connectivity index (χ1n) is 7.16. The highest BCUT2D eigenvalue weighted by Crippen LogP contribution is 2.12. The Morgan fingerprint density at radius 2 is 1.68 bits per heavy atom. The van der Waals surface area contributed by atoms with Gasteiger partial charge in [-0.2, -0.15) is 0 Å². The maximum Gasteiger partial charge on any atom is 0.338 e. The molecule has 0 bridgehead atoms. The van der Waals surface area contributed by atoms with Crippen LogP contribution >= 0.6 is 0 Å². The molecule has 0 aromatic heterocycles. The van der Waals surface area contributed by atoms with E-state index in [1.165, 1.54) is 0 Å². The molecule has 2 aromatic carbocycles. The summed E-state index contributed by atoms with van der Waals surface area (Å²) in [6.07, 6.45) is 0. The van der Waals surface area contributed by atoms with Crippen LogP contribution in [-0.2, 0) is 9.47 Å². The first-order valence-corrected chi connectivity index (χ1v) is 7.16. The van der Waals surface area contributed by atoms with Crippen LogP contribution in [0.25, 0.3) is 0 Å². The van der Waals surface area contributed by atoms with Crippen molar-refractivity contribution in [2.45, 2.75) is 13.8 Å². The molecule has 0 heterocycles. The van der Waals surface area contributed by atoms with Crippen LogP contribution in [0.2, 0.25) is 0 Å². The molecule has 4 nitrogen and oxygen atoms in total.